The van der Waals surface area contributed by atoms with Gasteiger partial charge in [0.15, 0.2) is 0 Å². The summed E-state index contributed by atoms with van der Waals surface area (Å²) in [7, 11) is 0. The smallest absolute Gasteiger partial charge is 0.249 e. The fourth-order valence-electron chi connectivity index (χ4n) is 2.72. The molecule has 0 atom stereocenters. The lowest BCUT2D eigenvalue weighted by molar-refractivity contribution is -0.127. The summed E-state index contributed by atoms with van der Waals surface area (Å²) in [6.07, 6.45) is 3.63. The number of aromatic nitrogens is 3. The molecule has 0 bridgehead atoms. The van der Waals surface area contributed by atoms with Crippen LogP contribution in [0, 0.1) is 19.3 Å². The number of rotatable bonds is 4. The summed E-state index contributed by atoms with van der Waals surface area (Å²) in [5.41, 5.74) is 1.29. The molecule has 1 aliphatic rings. The molecule has 2 rings (SSSR count). The minimum Gasteiger partial charge on any atom is -0.317 e. The molecule has 1 saturated heterocycles. The summed E-state index contributed by atoms with van der Waals surface area (Å²) >= 11 is 0. The van der Waals surface area contributed by atoms with Gasteiger partial charge in [-0.05, 0) is 46.2 Å². The van der Waals surface area contributed by atoms with Gasteiger partial charge < -0.3 is 5.32 Å². The first-order valence-corrected chi connectivity index (χ1v) is 7.27. The third-order valence-electron chi connectivity index (χ3n) is 4.09. The Morgan fingerprint density at radius 2 is 1.95 bits per heavy atom. The number of anilines is 1. The van der Waals surface area contributed by atoms with Gasteiger partial charge in [0.2, 0.25) is 11.9 Å². The SMILES string of the molecule is CCCC1(C(=O)Nc2nnc(C)c(C)n2)CCNCC1. The summed E-state index contributed by atoms with van der Waals surface area (Å²) in [6.45, 7) is 7.61. The molecule has 2 heterocycles. The molecule has 0 spiro atoms. The van der Waals surface area contributed by atoms with Crippen molar-refractivity contribution in [2.24, 2.45) is 5.41 Å². The number of aryl methyl sites for hydroxylation is 2. The van der Waals surface area contributed by atoms with Crippen LogP contribution in [0.15, 0.2) is 0 Å². The van der Waals surface area contributed by atoms with Gasteiger partial charge in [-0.25, -0.2) is 4.98 Å². The highest BCUT2D eigenvalue weighted by molar-refractivity contribution is 5.94. The lowest BCUT2D eigenvalue weighted by Crippen LogP contribution is -2.45. The molecular formula is C14H23N5O. The second-order valence-electron chi connectivity index (χ2n) is 5.54. The van der Waals surface area contributed by atoms with Gasteiger partial charge >= 0.3 is 0 Å². The highest BCUT2D eigenvalue weighted by atomic mass is 16.2. The van der Waals surface area contributed by atoms with Crippen molar-refractivity contribution in [2.75, 3.05) is 18.4 Å². The van der Waals surface area contributed by atoms with Gasteiger partial charge in [0, 0.05) is 0 Å². The monoisotopic (exact) mass is 277 g/mol. The highest BCUT2D eigenvalue weighted by Gasteiger charge is 2.38. The Hall–Kier alpha value is -1.56. The Bertz CT molecular complexity index is 477. The van der Waals surface area contributed by atoms with Crippen molar-refractivity contribution in [2.45, 2.75) is 46.5 Å². The van der Waals surface area contributed by atoms with Gasteiger partial charge in [-0.15, -0.1) is 5.10 Å². The van der Waals surface area contributed by atoms with Crippen molar-refractivity contribution in [3.05, 3.63) is 11.4 Å². The zero-order valence-electron chi connectivity index (χ0n) is 12.5. The number of piperidine rings is 1. The molecule has 6 nitrogen and oxygen atoms in total. The van der Waals surface area contributed by atoms with Gasteiger partial charge in [0.25, 0.3) is 0 Å². The molecule has 1 aromatic rings. The van der Waals surface area contributed by atoms with Crippen LogP contribution in [0.25, 0.3) is 0 Å². The summed E-state index contributed by atoms with van der Waals surface area (Å²) in [4.78, 5) is 16.9. The molecule has 0 saturated carbocycles. The van der Waals surface area contributed by atoms with E-state index in [0.29, 0.717) is 5.95 Å². The van der Waals surface area contributed by atoms with Crippen LogP contribution in [0.2, 0.25) is 0 Å². The van der Waals surface area contributed by atoms with Gasteiger partial charge in [0.1, 0.15) is 0 Å². The quantitative estimate of drug-likeness (QED) is 0.873. The average Bonchev–Trinajstić information content (AvgIpc) is 2.44. The maximum Gasteiger partial charge on any atom is 0.249 e. The number of carbonyl (C=O) groups excluding carboxylic acids is 1. The minimum absolute atomic E-state index is 0.0332. The number of amides is 1. The first-order chi connectivity index (χ1) is 9.57. The summed E-state index contributed by atoms with van der Waals surface area (Å²) in [6, 6.07) is 0. The molecule has 1 amide bonds. The van der Waals surface area contributed by atoms with E-state index in [1.54, 1.807) is 0 Å². The summed E-state index contributed by atoms with van der Waals surface area (Å²) < 4.78 is 0. The van der Waals surface area contributed by atoms with E-state index in [1.807, 2.05) is 13.8 Å². The van der Waals surface area contributed by atoms with Gasteiger partial charge in [-0.1, -0.05) is 13.3 Å². The number of nitrogens with one attached hydrogen (secondary N) is 2. The Labute approximate surface area is 119 Å². The first kappa shape index (κ1) is 14.8. The van der Waals surface area contributed by atoms with E-state index < -0.39 is 0 Å². The number of hydrogen-bond acceptors (Lipinski definition) is 5. The van der Waals surface area contributed by atoms with Gasteiger partial charge in [-0.2, -0.15) is 5.10 Å². The lowest BCUT2D eigenvalue weighted by Gasteiger charge is -2.35. The molecule has 20 heavy (non-hydrogen) atoms. The number of hydrogen-bond donors (Lipinski definition) is 2. The molecule has 2 N–H and O–H groups in total. The topological polar surface area (TPSA) is 79.8 Å². The van der Waals surface area contributed by atoms with Crippen molar-refractivity contribution >= 4 is 11.9 Å². The van der Waals surface area contributed by atoms with E-state index in [0.717, 1.165) is 50.2 Å². The number of carbonyl (C=O) groups is 1. The van der Waals surface area contributed by atoms with Crippen molar-refractivity contribution in [3.8, 4) is 0 Å². The maximum absolute atomic E-state index is 12.6. The van der Waals surface area contributed by atoms with Crippen LogP contribution in [0.4, 0.5) is 5.95 Å². The van der Waals surface area contributed by atoms with Crippen molar-refractivity contribution in [1.82, 2.24) is 20.5 Å². The minimum atomic E-state index is -0.290. The Morgan fingerprint density at radius 3 is 2.55 bits per heavy atom. The average molecular weight is 277 g/mol. The first-order valence-electron chi connectivity index (χ1n) is 7.27. The molecule has 0 unspecified atom stereocenters. The molecule has 1 aromatic heterocycles. The third kappa shape index (κ3) is 3.12. The summed E-state index contributed by atoms with van der Waals surface area (Å²) in [5, 5.41) is 14.1. The van der Waals surface area contributed by atoms with Crippen LogP contribution >= 0.6 is 0 Å². The zero-order valence-corrected chi connectivity index (χ0v) is 12.5. The molecular weight excluding hydrogens is 254 g/mol. The normalized spacial score (nSPS) is 17.8. The molecule has 0 aromatic carbocycles. The highest BCUT2D eigenvalue weighted by Crippen LogP contribution is 2.35. The fourth-order valence-corrected chi connectivity index (χ4v) is 2.72. The molecule has 110 valence electrons. The molecule has 6 heteroatoms. The van der Waals surface area contributed by atoms with Crippen LogP contribution in [0.5, 0.6) is 0 Å². The molecule has 0 radical (unpaired) electrons. The summed E-state index contributed by atoms with van der Waals surface area (Å²) in [5.74, 6) is 0.345. The van der Waals surface area contributed by atoms with Crippen LogP contribution in [-0.2, 0) is 4.79 Å². The van der Waals surface area contributed by atoms with Crippen LogP contribution < -0.4 is 10.6 Å². The Morgan fingerprint density at radius 1 is 1.25 bits per heavy atom. The number of nitrogens with zero attached hydrogens (tertiary/aromatic N) is 3. The second-order valence-corrected chi connectivity index (χ2v) is 5.54. The van der Waals surface area contributed by atoms with E-state index in [1.165, 1.54) is 0 Å². The van der Waals surface area contributed by atoms with Crippen molar-refractivity contribution < 1.29 is 4.79 Å². The Kier molecular flexibility index (Phi) is 4.65. The van der Waals surface area contributed by atoms with Crippen molar-refractivity contribution in [3.63, 3.8) is 0 Å². The largest absolute Gasteiger partial charge is 0.317 e. The van der Waals surface area contributed by atoms with E-state index in [9.17, 15) is 4.79 Å². The molecule has 1 fully saturated rings. The van der Waals surface area contributed by atoms with Crippen molar-refractivity contribution in [1.29, 1.82) is 0 Å². The maximum atomic E-state index is 12.6. The molecule has 1 aliphatic heterocycles. The van der Waals surface area contributed by atoms with Gasteiger partial charge in [-0.3, -0.25) is 10.1 Å². The van der Waals surface area contributed by atoms with Crippen LogP contribution in [-0.4, -0.2) is 34.2 Å². The van der Waals surface area contributed by atoms with Gasteiger partial charge in [0.05, 0.1) is 16.8 Å². The van der Waals surface area contributed by atoms with Crippen LogP contribution in [0.1, 0.15) is 44.0 Å². The standard InChI is InChI=1S/C14H23N5O/c1-4-5-14(6-8-15-9-7-14)12(20)17-13-16-10(2)11(3)18-19-13/h15H,4-9H2,1-3H3,(H,16,17,19,20). The van der Waals surface area contributed by atoms with Crippen LogP contribution in [0.3, 0.4) is 0 Å². The van der Waals surface area contributed by atoms with E-state index in [-0.39, 0.29) is 11.3 Å². The molecule has 0 aliphatic carbocycles. The zero-order chi connectivity index (χ0) is 14.6. The predicted octanol–water partition coefficient (Wildman–Crippen LogP) is 1.60. The van der Waals surface area contributed by atoms with E-state index >= 15 is 0 Å². The third-order valence-corrected chi connectivity index (χ3v) is 4.09. The fraction of sp³-hybridized carbons (Fsp3) is 0.714. The van der Waals surface area contributed by atoms with E-state index in [2.05, 4.69) is 32.7 Å². The second kappa shape index (κ2) is 6.26. The predicted molar refractivity (Wildman–Crippen MR) is 77.4 cm³/mol. The Balaban J connectivity index is 2.13. The lowest BCUT2D eigenvalue weighted by atomic mass is 9.74. The van der Waals surface area contributed by atoms with E-state index in [4.69, 9.17) is 0 Å².